The van der Waals surface area contributed by atoms with Gasteiger partial charge in [-0.3, -0.25) is 4.79 Å². The first-order valence-corrected chi connectivity index (χ1v) is 11.1. The molecule has 0 unspecified atom stereocenters. The maximum Gasteiger partial charge on any atom is 0.295 e. The van der Waals surface area contributed by atoms with Crippen LogP contribution in [0, 0.1) is 18.8 Å². The number of anilines is 1. The fourth-order valence-corrected chi connectivity index (χ4v) is 5.02. The topological polar surface area (TPSA) is 76.2 Å². The van der Waals surface area contributed by atoms with Gasteiger partial charge in [0.1, 0.15) is 11.3 Å². The van der Waals surface area contributed by atoms with Crippen molar-refractivity contribution in [1.82, 2.24) is 19.4 Å². The number of fused-ring (bicyclic) bond motifs is 2. The van der Waals surface area contributed by atoms with Crippen molar-refractivity contribution in [3.63, 3.8) is 0 Å². The van der Waals surface area contributed by atoms with Crippen LogP contribution in [0.5, 0.6) is 0 Å². The van der Waals surface area contributed by atoms with Crippen molar-refractivity contribution in [3.8, 4) is 11.4 Å². The van der Waals surface area contributed by atoms with E-state index < -0.39 is 0 Å². The lowest BCUT2D eigenvalue weighted by Crippen LogP contribution is -2.42. The number of nitrogens with zero attached hydrogens (tertiary/aromatic N) is 4. The van der Waals surface area contributed by atoms with Gasteiger partial charge in [0, 0.05) is 38.1 Å². The van der Waals surface area contributed by atoms with E-state index in [2.05, 4.69) is 15.3 Å². The molecule has 162 valence electrons. The van der Waals surface area contributed by atoms with E-state index in [0.717, 1.165) is 34.6 Å². The first kappa shape index (κ1) is 19.1. The normalized spacial score (nSPS) is 21.7. The zero-order valence-electron chi connectivity index (χ0n) is 18.2. The molecule has 1 N–H and O–H groups in total. The Kier molecular flexibility index (Phi) is 4.31. The molecule has 2 aromatic heterocycles. The molecule has 7 nitrogen and oxygen atoms in total. The van der Waals surface area contributed by atoms with Gasteiger partial charge in [-0.2, -0.15) is 4.98 Å². The average molecular weight is 428 g/mol. The molecule has 1 aliphatic heterocycles. The molecule has 1 amide bonds. The van der Waals surface area contributed by atoms with Crippen molar-refractivity contribution in [3.05, 3.63) is 66.0 Å². The van der Waals surface area contributed by atoms with E-state index in [-0.39, 0.29) is 11.9 Å². The highest BCUT2D eigenvalue weighted by Crippen LogP contribution is 2.50. The number of nitrogens with one attached hydrogen (secondary N) is 1. The van der Waals surface area contributed by atoms with Crippen LogP contribution in [0.2, 0.25) is 0 Å². The maximum atomic E-state index is 13.8. The Hall–Kier alpha value is -3.61. The second-order valence-electron chi connectivity index (χ2n) is 8.96. The molecule has 7 heteroatoms. The number of rotatable bonds is 5. The molecule has 2 fully saturated rings. The SMILES string of the molecule is Cc1ccc(-c2nccn2C)c(C(=O)N2C[C@H]3C[C@H]3[C@H]2CNc2nc3ccccc3o2)c1. The van der Waals surface area contributed by atoms with E-state index in [4.69, 9.17) is 4.42 Å². The molecular formula is C25H25N5O2. The number of oxazole rings is 1. The predicted octanol–water partition coefficient (Wildman–Crippen LogP) is 4.11. The number of aromatic nitrogens is 3. The van der Waals surface area contributed by atoms with Crippen LogP contribution >= 0.6 is 0 Å². The van der Waals surface area contributed by atoms with Crippen LogP contribution in [0.3, 0.4) is 0 Å². The lowest BCUT2D eigenvalue weighted by atomic mass is 10.0. The third kappa shape index (κ3) is 3.16. The van der Waals surface area contributed by atoms with Gasteiger partial charge < -0.3 is 19.2 Å². The van der Waals surface area contributed by atoms with Crippen molar-refractivity contribution >= 4 is 23.0 Å². The summed E-state index contributed by atoms with van der Waals surface area (Å²) >= 11 is 0. The van der Waals surface area contributed by atoms with Crippen LogP contribution in [0.4, 0.5) is 6.01 Å². The van der Waals surface area contributed by atoms with Crippen molar-refractivity contribution in [2.24, 2.45) is 18.9 Å². The number of para-hydroxylation sites is 2. The number of imidazole rings is 1. The summed E-state index contributed by atoms with van der Waals surface area (Å²) in [4.78, 5) is 24.8. The molecule has 0 spiro atoms. The van der Waals surface area contributed by atoms with Gasteiger partial charge in [-0.05, 0) is 43.4 Å². The van der Waals surface area contributed by atoms with Gasteiger partial charge in [-0.15, -0.1) is 0 Å². The predicted molar refractivity (Wildman–Crippen MR) is 122 cm³/mol. The Balaban J connectivity index is 1.27. The highest BCUT2D eigenvalue weighted by atomic mass is 16.4. The standard InChI is InChI=1S/C25H25N5O2/c1-15-7-8-17(23-26-9-10-29(23)2)19(11-15)24(31)30-14-16-12-18(16)21(30)13-27-25-28-20-5-3-4-6-22(20)32-25/h3-11,16,18,21H,12-14H2,1-2H3,(H,27,28)/t16-,18-,21-/m1/s1. The number of hydrogen-bond acceptors (Lipinski definition) is 5. The summed E-state index contributed by atoms with van der Waals surface area (Å²) in [5, 5.41) is 3.34. The summed E-state index contributed by atoms with van der Waals surface area (Å²) in [7, 11) is 1.95. The van der Waals surface area contributed by atoms with Crippen LogP contribution in [-0.4, -0.2) is 44.5 Å². The van der Waals surface area contributed by atoms with E-state index >= 15 is 0 Å². The molecular weight excluding hydrogens is 402 g/mol. The molecule has 6 rings (SSSR count). The fraction of sp³-hybridized carbons (Fsp3) is 0.320. The van der Waals surface area contributed by atoms with Crippen molar-refractivity contribution in [2.45, 2.75) is 19.4 Å². The molecule has 32 heavy (non-hydrogen) atoms. The highest BCUT2D eigenvalue weighted by molar-refractivity contribution is 6.01. The zero-order valence-corrected chi connectivity index (χ0v) is 18.2. The third-order valence-electron chi connectivity index (χ3n) is 6.79. The number of amides is 1. The Morgan fingerprint density at radius 3 is 2.94 bits per heavy atom. The smallest absolute Gasteiger partial charge is 0.295 e. The molecule has 3 atom stereocenters. The summed E-state index contributed by atoms with van der Waals surface area (Å²) in [5.74, 6) is 2.01. The van der Waals surface area contributed by atoms with Gasteiger partial charge in [0.05, 0.1) is 11.6 Å². The lowest BCUT2D eigenvalue weighted by Gasteiger charge is -2.28. The number of carbonyl (C=O) groups excluding carboxylic acids is 1. The quantitative estimate of drug-likeness (QED) is 0.519. The molecule has 0 radical (unpaired) electrons. The molecule has 1 aliphatic carbocycles. The van der Waals surface area contributed by atoms with Gasteiger partial charge in [0.2, 0.25) is 0 Å². The van der Waals surface area contributed by atoms with Crippen molar-refractivity contribution < 1.29 is 9.21 Å². The molecule has 3 heterocycles. The average Bonchev–Trinajstić information content (AvgIpc) is 3.11. The summed E-state index contributed by atoms with van der Waals surface area (Å²) in [5.41, 5.74) is 4.25. The number of aryl methyl sites for hydroxylation is 2. The molecule has 2 aliphatic rings. The van der Waals surface area contributed by atoms with Gasteiger partial charge in [0.25, 0.3) is 11.9 Å². The highest BCUT2D eigenvalue weighted by Gasteiger charge is 2.54. The fourth-order valence-electron chi connectivity index (χ4n) is 5.02. The van der Waals surface area contributed by atoms with E-state index in [1.165, 1.54) is 6.42 Å². The van der Waals surface area contributed by atoms with E-state index in [9.17, 15) is 4.79 Å². The van der Waals surface area contributed by atoms with Gasteiger partial charge in [-0.1, -0.05) is 29.8 Å². The largest absolute Gasteiger partial charge is 0.424 e. The number of piperidine rings is 1. The number of likely N-dealkylation sites (tertiary alicyclic amines) is 1. The van der Waals surface area contributed by atoms with Gasteiger partial charge in [0.15, 0.2) is 5.58 Å². The minimum absolute atomic E-state index is 0.0725. The molecule has 0 bridgehead atoms. The summed E-state index contributed by atoms with van der Waals surface area (Å²) < 4.78 is 7.77. The van der Waals surface area contributed by atoms with E-state index in [1.807, 2.05) is 72.1 Å². The van der Waals surface area contributed by atoms with Crippen LogP contribution in [0.25, 0.3) is 22.5 Å². The van der Waals surface area contributed by atoms with Crippen LogP contribution < -0.4 is 5.32 Å². The van der Waals surface area contributed by atoms with Crippen molar-refractivity contribution in [1.29, 1.82) is 0 Å². The van der Waals surface area contributed by atoms with E-state index in [1.54, 1.807) is 6.20 Å². The summed E-state index contributed by atoms with van der Waals surface area (Å²) in [6.07, 6.45) is 4.85. The molecule has 2 aromatic carbocycles. The van der Waals surface area contributed by atoms with Crippen LogP contribution in [0.15, 0.2) is 59.3 Å². The van der Waals surface area contributed by atoms with E-state index in [0.29, 0.717) is 30.0 Å². The second kappa shape index (κ2) is 7.22. The van der Waals surface area contributed by atoms with Gasteiger partial charge in [-0.25, -0.2) is 4.98 Å². The second-order valence-corrected chi connectivity index (χ2v) is 8.96. The first-order valence-electron chi connectivity index (χ1n) is 11.1. The minimum atomic E-state index is 0.0725. The van der Waals surface area contributed by atoms with Crippen LogP contribution in [0.1, 0.15) is 22.3 Å². The van der Waals surface area contributed by atoms with Crippen molar-refractivity contribution in [2.75, 3.05) is 18.4 Å². The molecule has 1 saturated heterocycles. The number of benzene rings is 2. The maximum absolute atomic E-state index is 13.8. The molecule has 4 aromatic rings. The zero-order chi connectivity index (χ0) is 21.8. The Morgan fingerprint density at radius 1 is 1.25 bits per heavy atom. The Bertz CT molecular complexity index is 1290. The summed E-state index contributed by atoms with van der Waals surface area (Å²) in [6.45, 7) is 3.45. The summed E-state index contributed by atoms with van der Waals surface area (Å²) in [6, 6.07) is 14.4. The Labute approximate surface area is 186 Å². The third-order valence-corrected chi connectivity index (χ3v) is 6.79. The Morgan fingerprint density at radius 2 is 2.12 bits per heavy atom. The van der Waals surface area contributed by atoms with Crippen LogP contribution in [-0.2, 0) is 7.05 Å². The molecule has 1 saturated carbocycles. The lowest BCUT2D eigenvalue weighted by molar-refractivity contribution is 0.0715. The monoisotopic (exact) mass is 427 g/mol. The first-order chi connectivity index (χ1) is 15.6. The van der Waals surface area contributed by atoms with Gasteiger partial charge >= 0.3 is 0 Å². The number of carbonyl (C=O) groups is 1. The number of hydrogen-bond donors (Lipinski definition) is 1. The minimum Gasteiger partial charge on any atom is -0.424 e.